The summed E-state index contributed by atoms with van der Waals surface area (Å²) in [6.07, 6.45) is 6.32. The molecule has 1 aromatic heterocycles. The highest BCUT2D eigenvalue weighted by atomic mass is 14.9. The Kier molecular flexibility index (Phi) is 4.54. The molecule has 5 heteroatoms. The maximum atomic E-state index is 8.63. The van der Waals surface area contributed by atoms with Crippen molar-refractivity contribution >= 4 is 12.4 Å². The third-order valence-electron chi connectivity index (χ3n) is 1.80. The fourth-order valence-corrected chi connectivity index (χ4v) is 0.917. The molecule has 0 bridgehead atoms. The van der Waals surface area contributed by atoms with Crippen LogP contribution in [0, 0.1) is 11.3 Å². The highest BCUT2D eigenvalue weighted by molar-refractivity contribution is 5.83. The van der Waals surface area contributed by atoms with Crippen LogP contribution in [-0.2, 0) is 6.54 Å². The maximum absolute atomic E-state index is 8.63. The lowest BCUT2D eigenvalue weighted by atomic mass is 10.3. The van der Waals surface area contributed by atoms with Crippen molar-refractivity contribution < 1.29 is 5.41 Å². The van der Waals surface area contributed by atoms with Crippen LogP contribution >= 0.6 is 0 Å². The van der Waals surface area contributed by atoms with E-state index < -0.39 is 0 Å². The zero-order valence-electron chi connectivity index (χ0n) is 8.96. The monoisotopic (exact) mass is 214 g/mol. The van der Waals surface area contributed by atoms with Gasteiger partial charge in [0.1, 0.15) is 18.1 Å². The lowest BCUT2D eigenvalue weighted by Gasteiger charge is -1.93. The molecular weight excluding hydrogens is 202 g/mol. The van der Waals surface area contributed by atoms with Crippen molar-refractivity contribution in [3.05, 3.63) is 35.4 Å². The van der Waals surface area contributed by atoms with Crippen molar-refractivity contribution in [2.24, 2.45) is 4.99 Å². The Morgan fingerprint density at radius 1 is 1.62 bits per heavy atom. The second-order valence-electron chi connectivity index (χ2n) is 3.07. The smallest absolute Gasteiger partial charge is 0.163 e. The Labute approximate surface area is 93.7 Å². The van der Waals surface area contributed by atoms with E-state index in [0.717, 1.165) is 5.57 Å². The Balaban J connectivity index is 2.61. The van der Waals surface area contributed by atoms with E-state index in [1.54, 1.807) is 18.4 Å². The van der Waals surface area contributed by atoms with Crippen LogP contribution in [0.25, 0.3) is 0 Å². The summed E-state index contributed by atoms with van der Waals surface area (Å²) >= 11 is 0. The first-order valence-electron chi connectivity index (χ1n) is 4.69. The highest BCUT2D eigenvalue weighted by Crippen LogP contribution is 1.98. The van der Waals surface area contributed by atoms with Gasteiger partial charge in [-0.25, -0.2) is 9.97 Å². The molecule has 0 spiro atoms. The van der Waals surface area contributed by atoms with Gasteiger partial charge in [-0.05, 0) is 19.1 Å². The fourth-order valence-electron chi connectivity index (χ4n) is 0.917. The number of hydrogen-bond donors (Lipinski definition) is 1. The fraction of sp³-hybridized carbons (Fsp3) is 0.182. The first kappa shape index (κ1) is 11.7. The molecule has 0 radical (unpaired) electrons. The predicted octanol–water partition coefficient (Wildman–Crippen LogP) is -0.305. The zero-order valence-corrected chi connectivity index (χ0v) is 8.96. The van der Waals surface area contributed by atoms with Gasteiger partial charge in [0.25, 0.3) is 0 Å². The molecule has 16 heavy (non-hydrogen) atoms. The van der Waals surface area contributed by atoms with Crippen LogP contribution < -0.4 is 5.41 Å². The van der Waals surface area contributed by atoms with Crippen molar-refractivity contribution in [3.63, 3.8) is 0 Å². The summed E-state index contributed by atoms with van der Waals surface area (Å²) in [6, 6.07) is 3.56. The number of hydrogen-bond acceptors (Lipinski definition) is 4. The van der Waals surface area contributed by atoms with Crippen LogP contribution in [0.3, 0.4) is 0 Å². The molecule has 80 valence electrons. The van der Waals surface area contributed by atoms with Gasteiger partial charge in [0.15, 0.2) is 6.21 Å². The standard InChI is InChI=1S/C11H11N5/c1-9(5-12)2-3-14-7-11-4-10(6-13)15-8-16-11/h2-5,8,12H,7H2,1H3/p+1/b9-2-,12-5?,14-3?. The van der Waals surface area contributed by atoms with Crippen LogP contribution in [0.5, 0.6) is 0 Å². The third kappa shape index (κ3) is 3.80. The topological polar surface area (TPSA) is 87.5 Å². The summed E-state index contributed by atoms with van der Waals surface area (Å²) in [5.74, 6) is 0. The summed E-state index contributed by atoms with van der Waals surface area (Å²) in [7, 11) is 0. The minimum absolute atomic E-state index is 0.349. The number of nitriles is 1. The third-order valence-corrected chi connectivity index (χ3v) is 1.80. The van der Waals surface area contributed by atoms with Gasteiger partial charge in [-0.1, -0.05) is 0 Å². The van der Waals surface area contributed by atoms with Crippen molar-refractivity contribution in [3.8, 4) is 6.07 Å². The van der Waals surface area contributed by atoms with Crippen LogP contribution in [0.1, 0.15) is 18.3 Å². The van der Waals surface area contributed by atoms with E-state index in [1.807, 2.05) is 13.0 Å². The maximum Gasteiger partial charge on any atom is 0.163 e. The molecule has 0 saturated heterocycles. The van der Waals surface area contributed by atoms with Crippen LogP contribution in [0.4, 0.5) is 0 Å². The minimum Gasteiger partial charge on any atom is -0.287 e. The Morgan fingerprint density at radius 2 is 2.44 bits per heavy atom. The first-order chi connectivity index (χ1) is 7.76. The molecule has 1 heterocycles. The van der Waals surface area contributed by atoms with Crippen molar-refractivity contribution in [2.75, 3.05) is 0 Å². The summed E-state index contributed by atoms with van der Waals surface area (Å²) < 4.78 is 0. The van der Waals surface area contributed by atoms with Gasteiger partial charge in [0.05, 0.1) is 12.2 Å². The van der Waals surface area contributed by atoms with E-state index in [2.05, 4.69) is 15.0 Å². The first-order valence-corrected chi connectivity index (χ1v) is 4.69. The van der Waals surface area contributed by atoms with Gasteiger partial charge in [-0.15, -0.1) is 0 Å². The summed E-state index contributed by atoms with van der Waals surface area (Å²) in [5, 5.41) is 13.9. The molecule has 1 aromatic rings. The number of aromatic nitrogens is 2. The molecule has 0 saturated carbocycles. The Morgan fingerprint density at radius 3 is 3.12 bits per heavy atom. The van der Waals surface area contributed by atoms with Crippen molar-refractivity contribution in [1.29, 1.82) is 5.26 Å². The van der Waals surface area contributed by atoms with Crippen LogP contribution in [0.2, 0.25) is 0 Å². The van der Waals surface area contributed by atoms with E-state index in [-0.39, 0.29) is 0 Å². The molecule has 0 fully saturated rings. The van der Waals surface area contributed by atoms with E-state index >= 15 is 0 Å². The van der Waals surface area contributed by atoms with E-state index in [9.17, 15) is 0 Å². The number of aliphatic imine (C=N–C) groups is 1. The largest absolute Gasteiger partial charge is 0.287 e. The minimum atomic E-state index is 0.349. The van der Waals surface area contributed by atoms with Gasteiger partial charge < -0.3 is 0 Å². The van der Waals surface area contributed by atoms with Gasteiger partial charge in [0.2, 0.25) is 0 Å². The second-order valence-corrected chi connectivity index (χ2v) is 3.07. The number of nitrogens with two attached hydrogens (primary N) is 1. The van der Waals surface area contributed by atoms with Gasteiger partial charge in [0, 0.05) is 11.8 Å². The zero-order chi connectivity index (χ0) is 11.8. The van der Waals surface area contributed by atoms with E-state index in [1.165, 1.54) is 12.5 Å². The second kappa shape index (κ2) is 6.19. The van der Waals surface area contributed by atoms with Gasteiger partial charge in [-0.3, -0.25) is 10.4 Å². The average molecular weight is 214 g/mol. The normalized spacial score (nSPS) is 11.4. The summed E-state index contributed by atoms with van der Waals surface area (Å²) in [6.45, 7) is 2.30. The molecule has 1 rings (SSSR count). The van der Waals surface area contributed by atoms with Crippen molar-refractivity contribution in [2.45, 2.75) is 13.5 Å². The lowest BCUT2D eigenvalue weighted by Crippen LogP contribution is -2.29. The molecular formula is C11H12N5+. The molecule has 0 aromatic carbocycles. The SMILES string of the molecule is C/C(C=[NH2+])=C/C=NCc1cc(C#N)ncn1. The molecule has 2 N–H and O–H groups in total. The Bertz CT molecular complexity index is 468. The average Bonchev–Trinajstić information content (AvgIpc) is 2.34. The van der Waals surface area contributed by atoms with Crippen LogP contribution in [0.15, 0.2) is 29.0 Å². The molecule has 0 aliphatic rings. The quantitative estimate of drug-likeness (QED) is 0.698. The Hall–Kier alpha value is -2.35. The van der Waals surface area contributed by atoms with E-state index in [4.69, 9.17) is 10.7 Å². The summed E-state index contributed by atoms with van der Waals surface area (Å²) in [4.78, 5) is 11.9. The van der Waals surface area contributed by atoms with Crippen molar-refractivity contribution in [1.82, 2.24) is 9.97 Å². The molecule has 0 unspecified atom stereocenters. The van der Waals surface area contributed by atoms with Gasteiger partial charge >= 0.3 is 0 Å². The number of nitrogens with zero attached hydrogens (tertiary/aromatic N) is 4. The predicted molar refractivity (Wildman–Crippen MR) is 60.7 cm³/mol. The molecule has 0 amide bonds. The molecule has 0 aliphatic heterocycles. The number of allylic oxidation sites excluding steroid dienone is 2. The summed E-state index contributed by atoms with van der Waals surface area (Å²) in [5.41, 5.74) is 2.00. The van der Waals surface area contributed by atoms with Gasteiger partial charge in [-0.2, -0.15) is 5.26 Å². The van der Waals surface area contributed by atoms with E-state index in [0.29, 0.717) is 17.9 Å². The molecule has 0 atom stereocenters. The highest BCUT2D eigenvalue weighted by Gasteiger charge is 1.95. The lowest BCUT2D eigenvalue weighted by molar-refractivity contribution is -0.104. The van der Waals surface area contributed by atoms with Crippen LogP contribution in [-0.4, -0.2) is 22.4 Å². The number of rotatable bonds is 4. The molecule has 5 nitrogen and oxygen atoms in total. The molecule has 0 aliphatic carbocycles.